The molecule has 0 bridgehead atoms. The number of aliphatic hydroxyl groups excluding tert-OH is 1. The number of esters is 1. The van der Waals surface area contributed by atoms with Gasteiger partial charge in [-0.15, -0.1) is 0 Å². The minimum absolute atomic E-state index is 0.0165. The second-order valence-electron chi connectivity index (χ2n) is 9.76. The van der Waals surface area contributed by atoms with E-state index >= 15 is 0 Å². The first kappa shape index (κ1) is 28.6. The van der Waals surface area contributed by atoms with E-state index < -0.39 is 12.0 Å². The van der Waals surface area contributed by atoms with E-state index in [-0.39, 0.29) is 40.7 Å². The maximum absolute atomic E-state index is 13.3. The van der Waals surface area contributed by atoms with Gasteiger partial charge in [0.25, 0.3) is 0 Å². The van der Waals surface area contributed by atoms with Crippen molar-refractivity contribution in [1.29, 1.82) is 0 Å². The van der Waals surface area contributed by atoms with Gasteiger partial charge in [0.2, 0.25) is 0 Å². The zero-order chi connectivity index (χ0) is 26.3. The Morgan fingerprint density at radius 3 is 2.49 bits per heavy atom. The summed E-state index contributed by atoms with van der Waals surface area (Å²) in [6, 6.07) is 1.09. The molecule has 1 aromatic heterocycles. The first-order valence-electron chi connectivity index (χ1n) is 12.5. The summed E-state index contributed by atoms with van der Waals surface area (Å²) in [6.07, 6.45) is 8.72. The zero-order valence-corrected chi connectivity index (χ0v) is 22.5. The molecule has 0 saturated carbocycles. The van der Waals surface area contributed by atoms with Crippen molar-refractivity contribution in [2.45, 2.75) is 66.5 Å². The molecular weight excluding hydrogens is 444 g/mol. The SMILES string of the molecule is CCOC(=O)c1cn(C(CC)C(C)(C)COC)c(/C(=C2\C=CC=C(O)C2NC)C(C)CC)cc1=O. The van der Waals surface area contributed by atoms with Crippen LogP contribution in [-0.4, -0.2) is 49.1 Å². The summed E-state index contributed by atoms with van der Waals surface area (Å²) in [5.74, 6) is -0.325. The van der Waals surface area contributed by atoms with Gasteiger partial charge in [-0.2, -0.15) is 0 Å². The van der Waals surface area contributed by atoms with E-state index in [2.05, 4.69) is 44.5 Å². The summed E-state index contributed by atoms with van der Waals surface area (Å²) in [6.45, 7) is 13.0. The molecule has 35 heavy (non-hydrogen) atoms. The van der Waals surface area contributed by atoms with E-state index in [4.69, 9.17) is 9.47 Å². The highest BCUT2D eigenvalue weighted by Gasteiger charge is 2.34. The van der Waals surface area contributed by atoms with Crippen LogP contribution in [0.5, 0.6) is 0 Å². The lowest BCUT2D eigenvalue weighted by atomic mass is 9.81. The van der Waals surface area contributed by atoms with E-state index in [1.165, 1.54) is 0 Å². The maximum atomic E-state index is 13.3. The molecule has 1 aliphatic rings. The van der Waals surface area contributed by atoms with Crippen molar-refractivity contribution in [2.75, 3.05) is 27.4 Å². The number of aliphatic hydroxyl groups is 1. The molecule has 0 amide bonds. The minimum Gasteiger partial charge on any atom is -0.510 e. The van der Waals surface area contributed by atoms with Crippen molar-refractivity contribution >= 4 is 11.5 Å². The first-order chi connectivity index (χ1) is 16.6. The average Bonchev–Trinajstić information content (AvgIpc) is 2.80. The van der Waals surface area contributed by atoms with Crippen LogP contribution >= 0.6 is 0 Å². The Labute approximate surface area is 209 Å². The number of methoxy groups -OCH3 is 1. The van der Waals surface area contributed by atoms with E-state index in [1.807, 2.05) is 12.2 Å². The molecule has 7 nitrogen and oxygen atoms in total. The van der Waals surface area contributed by atoms with Crippen molar-refractivity contribution < 1.29 is 19.4 Å². The third kappa shape index (κ3) is 6.14. The van der Waals surface area contributed by atoms with Gasteiger partial charge in [-0.05, 0) is 50.0 Å². The molecule has 2 N–H and O–H groups in total. The molecule has 3 atom stereocenters. The molecule has 2 rings (SSSR count). The minimum atomic E-state index is -0.624. The summed E-state index contributed by atoms with van der Waals surface area (Å²) in [5.41, 5.74) is 1.94. The molecule has 194 valence electrons. The number of carbonyl (C=O) groups excluding carboxylic acids is 1. The lowest BCUT2D eigenvalue weighted by Gasteiger charge is -2.38. The third-order valence-corrected chi connectivity index (χ3v) is 6.85. The predicted molar refractivity (Wildman–Crippen MR) is 141 cm³/mol. The van der Waals surface area contributed by atoms with Crippen molar-refractivity contribution in [2.24, 2.45) is 11.3 Å². The molecule has 1 aliphatic carbocycles. The molecule has 0 aliphatic heterocycles. The fourth-order valence-electron chi connectivity index (χ4n) is 5.02. The van der Waals surface area contributed by atoms with Crippen LogP contribution in [0.2, 0.25) is 0 Å². The van der Waals surface area contributed by atoms with Crippen molar-refractivity contribution in [1.82, 2.24) is 9.88 Å². The number of allylic oxidation sites excluding steroid dienone is 3. The predicted octanol–water partition coefficient (Wildman–Crippen LogP) is 5.05. The van der Waals surface area contributed by atoms with Gasteiger partial charge in [0.05, 0.1) is 19.3 Å². The quantitative estimate of drug-likeness (QED) is 0.426. The van der Waals surface area contributed by atoms with Gasteiger partial charge in [-0.25, -0.2) is 4.79 Å². The molecule has 0 aromatic carbocycles. The van der Waals surface area contributed by atoms with Crippen molar-refractivity contribution in [3.05, 3.63) is 63.3 Å². The number of likely N-dealkylation sites (N-methyl/N-ethyl adjacent to an activating group) is 1. The number of hydrogen-bond acceptors (Lipinski definition) is 6. The van der Waals surface area contributed by atoms with Crippen LogP contribution in [0.3, 0.4) is 0 Å². The number of ether oxygens (including phenoxy) is 2. The summed E-state index contributed by atoms with van der Waals surface area (Å²) in [7, 11) is 3.48. The monoisotopic (exact) mass is 486 g/mol. The van der Waals surface area contributed by atoms with Crippen LogP contribution in [0.1, 0.15) is 76.5 Å². The van der Waals surface area contributed by atoms with E-state index in [9.17, 15) is 14.7 Å². The largest absolute Gasteiger partial charge is 0.510 e. The van der Waals surface area contributed by atoms with Gasteiger partial charge in [0, 0.05) is 36.5 Å². The summed E-state index contributed by atoms with van der Waals surface area (Å²) in [5, 5.41) is 13.8. The Morgan fingerprint density at radius 2 is 1.94 bits per heavy atom. The Morgan fingerprint density at radius 1 is 1.26 bits per heavy atom. The molecule has 1 heterocycles. The van der Waals surface area contributed by atoms with Crippen LogP contribution in [0.15, 0.2) is 46.6 Å². The molecule has 1 aromatic rings. The fourth-order valence-corrected chi connectivity index (χ4v) is 5.02. The van der Waals surface area contributed by atoms with Gasteiger partial charge in [0.15, 0.2) is 5.43 Å². The van der Waals surface area contributed by atoms with Crippen LogP contribution < -0.4 is 10.7 Å². The molecule has 3 unspecified atom stereocenters. The topological polar surface area (TPSA) is 89.8 Å². The standard InChI is InChI=1S/C28H42N2O5/c1-9-18(4)25(19-13-12-14-22(31)26(19)29-7)21-15-23(32)20(27(33)35-11-3)16-30(21)24(10-2)28(5,6)17-34-8/h12-16,18,24,26,29,31H,9-11,17H2,1-8H3/b25-19+. The van der Waals surface area contributed by atoms with Crippen LogP contribution in [-0.2, 0) is 9.47 Å². The number of nitrogens with one attached hydrogen (secondary N) is 1. The normalized spacial score (nSPS) is 19.2. The number of hydrogen-bond donors (Lipinski definition) is 2. The summed E-state index contributed by atoms with van der Waals surface area (Å²) >= 11 is 0. The van der Waals surface area contributed by atoms with Crippen molar-refractivity contribution in [3.63, 3.8) is 0 Å². The number of aromatic nitrogens is 1. The second-order valence-corrected chi connectivity index (χ2v) is 9.76. The fraction of sp³-hybridized carbons (Fsp3) is 0.571. The lowest BCUT2D eigenvalue weighted by molar-refractivity contribution is 0.0515. The van der Waals surface area contributed by atoms with E-state index in [1.54, 1.807) is 39.4 Å². The van der Waals surface area contributed by atoms with E-state index in [0.29, 0.717) is 6.61 Å². The highest BCUT2D eigenvalue weighted by atomic mass is 16.5. The number of rotatable bonds is 11. The van der Waals surface area contributed by atoms with Gasteiger partial charge < -0.3 is 24.5 Å². The second kappa shape index (κ2) is 12.4. The summed E-state index contributed by atoms with van der Waals surface area (Å²) in [4.78, 5) is 25.9. The molecular formula is C28H42N2O5. The third-order valence-electron chi connectivity index (χ3n) is 6.85. The van der Waals surface area contributed by atoms with Gasteiger partial charge in [-0.1, -0.05) is 46.8 Å². The average molecular weight is 487 g/mol. The Hall–Kier alpha value is -2.64. The first-order valence-corrected chi connectivity index (χ1v) is 12.5. The summed E-state index contributed by atoms with van der Waals surface area (Å²) < 4.78 is 12.8. The van der Waals surface area contributed by atoms with Crippen LogP contribution in [0.25, 0.3) is 5.57 Å². The smallest absolute Gasteiger partial charge is 0.343 e. The lowest BCUT2D eigenvalue weighted by Crippen LogP contribution is -2.36. The molecule has 0 radical (unpaired) electrons. The van der Waals surface area contributed by atoms with E-state index in [0.717, 1.165) is 29.7 Å². The molecule has 0 saturated heterocycles. The van der Waals surface area contributed by atoms with Crippen molar-refractivity contribution in [3.8, 4) is 0 Å². The number of pyridine rings is 1. The maximum Gasteiger partial charge on any atom is 0.343 e. The molecule has 7 heteroatoms. The highest BCUT2D eigenvalue weighted by molar-refractivity contribution is 5.89. The van der Waals surface area contributed by atoms with Crippen LogP contribution in [0, 0.1) is 11.3 Å². The van der Waals surface area contributed by atoms with Crippen LogP contribution in [0.4, 0.5) is 0 Å². The van der Waals surface area contributed by atoms with Gasteiger partial charge >= 0.3 is 5.97 Å². The Balaban J connectivity index is 2.98. The van der Waals surface area contributed by atoms with Gasteiger partial charge in [-0.3, -0.25) is 4.79 Å². The number of carbonyl (C=O) groups is 1. The Bertz CT molecular complexity index is 1050. The number of nitrogens with zero attached hydrogens (tertiary/aromatic N) is 1. The Kier molecular flexibility index (Phi) is 10.1. The zero-order valence-electron chi connectivity index (χ0n) is 22.5. The molecule has 0 fully saturated rings. The highest BCUT2D eigenvalue weighted by Crippen LogP contribution is 2.40. The van der Waals surface area contributed by atoms with Gasteiger partial charge in [0.1, 0.15) is 11.3 Å². The molecule has 0 spiro atoms.